The second kappa shape index (κ2) is 12.0. The fourth-order valence-electron chi connectivity index (χ4n) is 4.64. The van der Waals surface area contributed by atoms with Crippen LogP contribution < -0.4 is 5.32 Å². The molecule has 1 unspecified atom stereocenters. The molecule has 2 aromatic rings. The number of hydrogen-bond donors (Lipinski definition) is 1. The van der Waals surface area contributed by atoms with E-state index in [9.17, 15) is 5.26 Å². The van der Waals surface area contributed by atoms with E-state index in [-0.39, 0.29) is 5.41 Å². The first kappa shape index (κ1) is 23.5. The van der Waals surface area contributed by atoms with Gasteiger partial charge in [0.25, 0.3) is 0 Å². The lowest BCUT2D eigenvalue weighted by atomic mass is 9.70. The highest BCUT2D eigenvalue weighted by Crippen LogP contribution is 2.36. The zero-order chi connectivity index (χ0) is 21.9. The number of rotatable bonds is 11. The van der Waals surface area contributed by atoms with Gasteiger partial charge in [-0.3, -0.25) is 4.90 Å². The maximum absolute atomic E-state index is 10.1. The molecule has 0 saturated carbocycles. The van der Waals surface area contributed by atoms with Gasteiger partial charge in [0.15, 0.2) is 0 Å². The molecule has 0 radical (unpaired) electrons. The van der Waals surface area contributed by atoms with Crippen LogP contribution in [0.15, 0.2) is 60.7 Å². The Morgan fingerprint density at radius 2 is 1.48 bits per heavy atom. The summed E-state index contributed by atoms with van der Waals surface area (Å²) in [5, 5.41) is 13.6. The molecule has 1 aliphatic rings. The van der Waals surface area contributed by atoms with E-state index in [1.54, 1.807) is 0 Å². The molecule has 1 N–H and O–H groups in total. The lowest BCUT2D eigenvalue weighted by Crippen LogP contribution is -2.48. The van der Waals surface area contributed by atoms with Gasteiger partial charge in [-0.1, -0.05) is 74.5 Å². The van der Waals surface area contributed by atoms with Gasteiger partial charge in [-0.25, -0.2) is 0 Å². The average Bonchev–Trinajstić information content (AvgIpc) is 2.82. The molecule has 0 amide bonds. The van der Waals surface area contributed by atoms with Gasteiger partial charge in [0.05, 0.1) is 11.5 Å². The molecule has 1 heterocycles. The predicted octanol–water partition coefficient (Wildman–Crippen LogP) is 4.29. The van der Waals surface area contributed by atoms with Crippen LogP contribution in [0.2, 0.25) is 0 Å². The van der Waals surface area contributed by atoms with E-state index >= 15 is 0 Å². The minimum atomic E-state index is -0.381. The fraction of sp³-hybridized carbons (Fsp3) is 0.519. The highest BCUT2D eigenvalue weighted by molar-refractivity contribution is 5.33. The summed E-state index contributed by atoms with van der Waals surface area (Å²) < 4.78 is 0. The Balaban J connectivity index is 1.36. The summed E-state index contributed by atoms with van der Waals surface area (Å²) in [5.74, 6) is 0.306. The minimum Gasteiger partial charge on any atom is -0.311 e. The zero-order valence-corrected chi connectivity index (χ0v) is 19.3. The van der Waals surface area contributed by atoms with E-state index in [1.807, 2.05) is 6.07 Å². The van der Waals surface area contributed by atoms with Crippen LogP contribution in [0.25, 0.3) is 0 Å². The summed E-state index contributed by atoms with van der Waals surface area (Å²) in [5.41, 5.74) is 2.13. The lowest BCUT2D eigenvalue weighted by molar-refractivity contribution is 0.129. The molecule has 0 aliphatic carbocycles. The Hall–Kier alpha value is -2.19. The number of hydrogen-bond acceptors (Lipinski definition) is 4. The van der Waals surface area contributed by atoms with Crippen LogP contribution in [0.3, 0.4) is 0 Å². The van der Waals surface area contributed by atoms with Gasteiger partial charge in [0.1, 0.15) is 0 Å². The van der Waals surface area contributed by atoms with Gasteiger partial charge in [0, 0.05) is 45.8 Å². The Labute approximate surface area is 188 Å². The molecular weight excluding hydrogens is 380 g/mol. The van der Waals surface area contributed by atoms with Crippen LogP contribution in [-0.2, 0) is 12.0 Å². The van der Waals surface area contributed by atoms with Crippen LogP contribution in [0.5, 0.6) is 0 Å². The maximum Gasteiger partial charge on any atom is 0.0845 e. The molecule has 2 aromatic carbocycles. The van der Waals surface area contributed by atoms with Crippen molar-refractivity contribution >= 4 is 0 Å². The van der Waals surface area contributed by atoms with Gasteiger partial charge in [-0.05, 0) is 36.4 Å². The number of benzene rings is 2. The summed E-state index contributed by atoms with van der Waals surface area (Å²) >= 11 is 0. The van der Waals surface area contributed by atoms with E-state index in [2.05, 4.69) is 89.6 Å². The monoisotopic (exact) mass is 418 g/mol. The number of nitriles is 1. The smallest absolute Gasteiger partial charge is 0.0845 e. The van der Waals surface area contributed by atoms with Crippen LogP contribution in [0, 0.1) is 17.2 Å². The molecule has 31 heavy (non-hydrogen) atoms. The van der Waals surface area contributed by atoms with E-state index in [0.29, 0.717) is 5.92 Å². The van der Waals surface area contributed by atoms with Crippen molar-refractivity contribution in [3.8, 4) is 6.07 Å². The van der Waals surface area contributed by atoms with Crippen molar-refractivity contribution in [1.82, 2.24) is 15.1 Å². The Morgan fingerprint density at radius 3 is 2.06 bits per heavy atom. The van der Waals surface area contributed by atoms with Crippen molar-refractivity contribution in [3.63, 3.8) is 0 Å². The van der Waals surface area contributed by atoms with Crippen LogP contribution >= 0.6 is 0 Å². The maximum atomic E-state index is 10.1. The van der Waals surface area contributed by atoms with Crippen molar-refractivity contribution in [1.29, 1.82) is 5.26 Å². The van der Waals surface area contributed by atoms with Gasteiger partial charge < -0.3 is 10.2 Å². The SMILES string of the molecule is CC(C)C(C#N)(CCCN1CCN(CCNCc2ccccc2)CC1)c1ccccc1. The normalized spacial score (nSPS) is 17.4. The third-order valence-corrected chi connectivity index (χ3v) is 6.76. The Morgan fingerprint density at radius 1 is 0.903 bits per heavy atom. The average molecular weight is 419 g/mol. The molecular formula is C27H38N4. The summed E-state index contributed by atoms with van der Waals surface area (Å²) in [6.07, 6.45) is 1.99. The topological polar surface area (TPSA) is 42.3 Å². The summed E-state index contributed by atoms with van der Waals surface area (Å²) in [7, 11) is 0. The Bertz CT molecular complexity index is 791. The first-order valence-corrected chi connectivity index (χ1v) is 11.8. The van der Waals surface area contributed by atoms with E-state index < -0.39 is 0 Å². The molecule has 3 rings (SSSR count). The first-order valence-electron chi connectivity index (χ1n) is 11.8. The van der Waals surface area contributed by atoms with Crippen LogP contribution in [-0.4, -0.2) is 55.6 Å². The number of nitrogens with one attached hydrogen (secondary N) is 1. The highest BCUT2D eigenvalue weighted by atomic mass is 15.3. The largest absolute Gasteiger partial charge is 0.311 e. The second-order valence-electron chi connectivity index (χ2n) is 9.05. The summed E-state index contributed by atoms with van der Waals surface area (Å²) in [6.45, 7) is 13.1. The minimum absolute atomic E-state index is 0.306. The van der Waals surface area contributed by atoms with Gasteiger partial charge in [-0.2, -0.15) is 5.26 Å². The second-order valence-corrected chi connectivity index (χ2v) is 9.05. The third kappa shape index (κ3) is 6.64. The molecule has 1 fully saturated rings. The molecule has 0 aromatic heterocycles. The standard InChI is InChI=1S/C27H38N4/c1-24(2)27(23-28,26-12-7-4-8-13-26)14-9-16-30-18-20-31(21-19-30)17-15-29-22-25-10-5-3-6-11-25/h3-8,10-13,24,29H,9,14-22H2,1-2H3. The Kier molecular flexibility index (Phi) is 9.09. The van der Waals surface area contributed by atoms with E-state index in [4.69, 9.17) is 0 Å². The molecule has 166 valence electrons. The summed E-state index contributed by atoms with van der Waals surface area (Å²) in [6, 6.07) is 23.7. The molecule has 4 heteroatoms. The highest BCUT2D eigenvalue weighted by Gasteiger charge is 2.35. The van der Waals surface area contributed by atoms with Crippen molar-refractivity contribution in [3.05, 3.63) is 71.8 Å². The third-order valence-electron chi connectivity index (χ3n) is 6.76. The van der Waals surface area contributed by atoms with Crippen molar-refractivity contribution in [2.24, 2.45) is 5.92 Å². The molecule has 1 aliphatic heterocycles. The predicted molar refractivity (Wildman–Crippen MR) is 129 cm³/mol. The van der Waals surface area contributed by atoms with Gasteiger partial charge >= 0.3 is 0 Å². The molecule has 4 nitrogen and oxygen atoms in total. The quantitative estimate of drug-likeness (QED) is 0.553. The number of piperazine rings is 1. The lowest BCUT2D eigenvalue weighted by Gasteiger charge is -2.36. The van der Waals surface area contributed by atoms with Crippen molar-refractivity contribution < 1.29 is 0 Å². The van der Waals surface area contributed by atoms with Crippen molar-refractivity contribution in [2.75, 3.05) is 45.8 Å². The van der Waals surface area contributed by atoms with E-state index in [0.717, 1.165) is 65.2 Å². The van der Waals surface area contributed by atoms with Gasteiger partial charge in [0.2, 0.25) is 0 Å². The molecule has 1 atom stereocenters. The van der Waals surface area contributed by atoms with Crippen LogP contribution in [0.1, 0.15) is 37.8 Å². The summed E-state index contributed by atoms with van der Waals surface area (Å²) in [4.78, 5) is 5.13. The number of nitrogens with zero attached hydrogens (tertiary/aromatic N) is 3. The molecule has 1 saturated heterocycles. The first-order chi connectivity index (χ1) is 15.1. The fourth-order valence-corrected chi connectivity index (χ4v) is 4.64. The van der Waals surface area contributed by atoms with Gasteiger partial charge in [-0.15, -0.1) is 0 Å². The molecule has 0 bridgehead atoms. The zero-order valence-electron chi connectivity index (χ0n) is 19.3. The molecule has 0 spiro atoms. The van der Waals surface area contributed by atoms with Crippen LogP contribution in [0.4, 0.5) is 0 Å². The van der Waals surface area contributed by atoms with Crippen molar-refractivity contribution in [2.45, 2.75) is 38.6 Å². The van der Waals surface area contributed by atoms with E-state index in [1.165, 1.54) is 11.1 Å².